The zero-order valence-corrected chi connectivity index (χ0v) is 16.4. The Kier molecular flexibility index (Phi) is 4.86. The number of halogens is 2. The van der Waals surface area contributed by atoms with Gasteiger partial charge in [0.2, 0.25) is 9.84 Å². The molecule has 29 heavy (non-hydrogen) atoms. The molecule has 1 aromatic heterocycles. The number of hydrogen-bond acceptors (Lipinski definition) is 3. The Hall–Kier alpha value is -3.16. The standard InChI is InChI=1S/C21H14ClFN2O3S/c22-13-10-11-18-16(12-13)19(29(27,28)14-6-2-1-3-7-14)20(24-18)25-21(26)15-8-4-5-9-17(15)23/h1-12,24H,(H,25,26). The minimum atomic E-state index is -4.01. The maximum atomic E-state index is 14.0. The van der Waals surface area contributed by atoms with Crippen molar-refractivity contribution in [2.75, 3.05) is 5.32 Å². The molecule has 0 saturated heterocycles. The summed E-state index contributed by atoms with van der Waals surface area (Å²) in [6.45, 7) is 0. The summed E-state index contributed by atoms with van der Waals surface area (Å²) in [5.41, 5.74) is 0.264. The third-order valence-electron chi connectivity index (χ3n) is 4.39. The van der Waals surface area contributed by atoms with E-state index in [-0.39, 0.29) is 21.2 Å². The highest BCUT2D eigenvalue weighted by molar-refractivity contribution is 7.92. The van der Waals surface area contributed by atoms with Gasteiger partial charge in [-0.1, -0.05) is 41.9 Å². The van der Waals surface area contributed by atoms with Crippen molar-refractivity contribution >= 4 is 44.1 Å². The van der Waals surface area contributed by atoms with Crippen LogP contribution in [0.2, 0.25) is 5.02 Å². The molecule has 1 heterocycles. The number of H-pyrrole nitrogens is 1. The lowest BCUT2D eigenvalue weighted by Gasteiger charge is -2.09. The summed E-state index contributed by atoms with van der Waals surface area (Å²) < 4.78 is 40.7. The van der Waals surface area contributed by atoms with Crippen LogP contribution in [-0.2, 0) is 9.84 Å². The van der Waals surface area contributed by atoms with Crippen molar-refractivity contribution in [3.05, 3.63) is 89.2 Å². The van der Waals surface area contributed by atoms with Crippen LogP contribution in [0.4, 0.5) is 10.2 Å². The monoisotopic (exact) mass is 428 g/mol. The highest BCUT2D eigenvalue weighted by Gasteiger charge is 2.28. The number of aromatic amines is 1. The van der Waals surface area contributed by atoms with Crippen LogP contribution < -0.4 is 5.32 Å². The van der Waals surface area contributed by atoms with Gasteiger partial charge in [0, 0.05) is 15.9 Å². The van der Waals surface area contributed by atoms with Crippen LogP contribution >= 0.6 is 11.6 Å². The molecule has 5 nitrogen and oxygen atoms in total. The minimum absolute atomic E-state index is 0.0561. The highest BCUT2D eigenvalue weighted by atomic mass is 35.5. The van der Waals surface area contributed by atoms with E-state index in [0.29, 0.717) is 15.9 Å². The summed E-state index contributed by atoms with van der Waals surface area (Å²) in [5.74, 6) is -1.54. The fourth-order valence-electron chi connectivity index (χ4n) is 3.05. The van der Waals surface area contributed by atoms with Gasteiger partial charge in [-0.15, -0.1) is 0 Å². The molecule has 0 aliphatic rings. The summed E-state index contributed by atoms with van der Waals surface area (Å²) in [6.07, 6.45) is 0. The molecule has 0 aliphatic carbocycles. The number of hydrogen-bond donors (Lipinski definition) is 2. The SMILES string of the molecule is O=C(Nc1[nH]c2ccc(Cl)cc2c1S(=O)(=O)c1ccccc1)c1ccccc1F. The first kappa shape index (κ1) is 19.2. The van der Waals surface area contributed by atoms with Gasteiger partial charge < -0.3 is 10.3 Å². The van der Waals surface area contributed by atoms with E-state index in [2.05, 4.69) is 10.3 Å². The lowest BCUT2D eigenvalue weighted by molar-refractivity contribution is 0.102. The fraction of sp³-hybridized carbons (Fsp3) is 0. The van der Waals surface area contributed by atoms with Crippen LogP contribution in [-0.4, -0.2) is 19.3 Å². The third kappa shape index (κ3) is 3.50. The van der Waals surface area contributed by atoms with Crippen LogP contribution in [0.25, 0.3) is 10.9 Å². The van der Waals surface area contributed by atoms with E-state index in [0.717, 1.165) is 6.07 Å². The molecule has 0 spiro atoms. The Morgan fingerprint density at radius 1 is 0.966 bits per heavy atom. The van der Waals surface area contributed by atoms with Gasteiger partial charge in [0.25, 0.3) is 5.91 Å². The zero-order valence-electron chi connectivity index (χ0n) is 14.8. The van der Waals surface area contributed by atoms with Gasteiger partial charge in [0.1, 0.15) is 16.5 Å². The third-order valence-corrected chi connectivity index (χ3v) is 6.48. The van der Waals surface area contributed by atoms with Crippen molar-refractivity contribution in [2.45, 2.75) is 9.79 Å². The van der Waals surface area contributed by atoms with Gasteiger partial charge in [-0.2, -0.15) is 0 Å². The largest absolute Gasteiger partial charge is 0.340 e. The molecule has 0 unspecified atom stereocenters. The van der Waals surface area contributed by atoms with Crippen molar-refractivity contribution in [1.29, 1.82) is 0 Å². The van der Waals surface area contributed by atoms with Gasteiger partial charge in [0.15, 0.2) is 0 Å². The molecule has 0 aliphatic heterocycles. The van der Waals surface area contributed by atoms with E-state index in [1.807, 2.05) is 0 Å². The number of carbonyl (C=O) groups is 1. The van der Waals surface area contributed by atoms with E-state index in [1.165, 1.54) is 36.4 Å². The van der Waals surface area contributed by atoms with E-state index in [1.54, 1.807) is 30.3 Å². The zero-order chi connectivity index (χ0) is 20.6. The molecule has 3 aromatic carbocycles. The first-order valence-electron chi connectivity index (χ1n) is 8.55. The van der Waals surface area contributed by atoms with Gasteiger partial charge in [0.05, 0.1) is 10.5 Å². The molecule has 0 fully saturated rings. The van der Waals surface area contributed by atoms with Crippen molar-refractivity contribution in [3.8, 4) is 0 Å². The minimum Gasteiger partial charge on any atom is -0.340 e. The Bertz CT molecular complexity index is 1330. The second kappa shape index (κ2) is 7.35. The number of anilines is 1. The molecule has 8 heteroatoms. The van der Waals surface area contributed by atoms with Crippen molar-refractivity contribution in [3.63, 3.8) is 0 Å². The number of carbonyl (C=O) groups excluding carboxylic acids is 1. The molecular formula is C21H14ClFN2O3S. The fourth-order valence-corrected chi connectivity index (χ4v) is 4.80. The number of aromatic nitrogens is 1. The van der Waals surface area contributed by atoms with E-state index >= 15 is 0 Å². The summed E-state index contributed by atoms with van der Waals surface area (Å²) in [7, 11) is -4.01. The molecule has 2 N–H and O–H groups in total. The second-order valence-electron chi connectivity index (χ2n) is 6.27. The van der Waals surface area contributed by atoms with E-state index in [9.17, 15) is 17.6 Å². The van der Waals surface area contributed by atoms with E-state index in [4.69, 9.17) is 11.6 Å². The summed E-state index contributed by atoms with van der Waals surface area (Å²) in [6, 6.07) is 18.0. The first-order chi connectivity index (χ1) is 13.9. The van der Waals surface area contributed by atoms with Gasteiger partial charge in [-0.05, 0) is 42.5 Å². The summed E-state index contributed by atoms with van der Waals surface area (Å²) in [4.78, 5) is 15.4. The summed E-state index contributed by atoms with van der Waals surface area (Å²) >= 11 is 6.07. The van der Waals surface area contributed by atoms with Gasteiger partial charge in [-0.25, -0.2) is 12.8 Å². The molecule has 0 atom stereocenters. The van der Waals surface area contributed by atoms with Crippen molar-refractivity contribution in [2.24, 2.45) is 0 Å². The smallest absolute Gasteiger partial charge is 0.259 e. The second-order valence-corrected chi connectivity index (χ2v) is 8.59. The Morgan fingerprint density at radius 3 is 2.38 bits per heavy atom. The number of benzene rings is 3. The van der Waals surface area contributed by atoms with Crippen LogP contribution in [0.3, 0.4) is 0 Å². The van der Waals surface area contributed by atoms with E-state index < -0.39 is 21.6 Å². The molecule has 0 saturated carbocycles. The lowest BCUT2D eigenvalue weighted by Crippen LogP contribution is -2.16. The molecule has 146 valence electrons. The number of sulfone groups is 1. The lowest BCUT2D eigenvalue weighted by atomic mass is 10.2. The van der Waals surface area contributed by atoms with Crippen LogP contribution in [0.5, 0.6) is 0 Å². The Balaban J connectivity index is 1.90. The number of amides is 1. The summed E-state index contributed by atoms with van der Waals surface area (Å²) in [5, 5.41) is 3.16. The van der Waals surface area contributed by atoms with Crippen LogP contribution in [0, 0.1) is 5.82 Å². The molecule has 0 radical (unpaired) electrons. The average molecular weight is 429 g/mol. The average Bonchev–Trinajstić information content (AvgIpc) is 3.06. The maximum Gasteiger partial charge on any atom is 0.259 e. The van der Waals surface area contributed by atoms with Crippen molar-refractivity contribution in [1.82, 2.24) is 4.98 Å². The molecule has 4 rings (SSSR count). The molecule has 0 bridgehead atoms. The Labute approximate surface area is 171 Å². The predicted octanol–water partition coefficient (Wildman–Crippen LogP) is 5.05. The number of nitrogens with one attached hydrogen (secondary N) is 2. The van der Waals surface area contributed by atoms with Crippen LogP contribution in [0.1, 0.15) is 10.4 Å². The van der Waals surface area contributed by atoms with Gasteiger partial charge >= 0.3 is 0 Å². The van der Waals surface area contributed by atoms with Crippen LogP contribution in [0.15, 0.2) is 82.6 Å². The Morgan fingerprint density at radius 2 is 1.66 bits per heavy atom. The molecule has 4 aromatic rings. The molecular weight excluding hydrogens is 415 g/mol. The number of rotatable bonds is 4. The maximum absolute atomic E-state index is 14.0. The number of fused-ring (bicyclic) bond motifs is 1. The first-order valence-corrected chi connectivity index (χ1v) is 10.4. The predicted molar refractivity (Wildman–Crippen MR) is 110 cm³/mol. The molecule has 1 amide bonds. The highest BCUT2D eigenvalue weighted by Crippen LogP contribution is 2.36. The normalized spacial score (nSPS) is 11.5. The quantitative estimate of drug-likeness (QED) is 0.477. The van der Waals surface area contributed by atoms with Crippen molar-refractivity contribution < 1.29 is 17.6 Å². The van der Waals surface area contributed by atoms with Gasteiger partial charge in [-0.3, -0.25) is 4.79 Å². The topological polar surface area (TPSA) is 79.0 Å².